The Labute approximate surface area is 305 Å². The molecule has 9 aromatic rings. The van der Waals surface area contributed by atoms with Crippen LogP contribution in [-0.4, -0.2) is 0 Å². The molecule has 254 valence electrons. The molecule has 53 heavy (non-hydrogen) atoms. The van der Waals surface area contributed by atoms with E-state index in [9.17, 15) is 13.2 Å². The number of para-hydroxylation sites is 1. The highest BCUT2D eigenvalue weighted by molar-refractivity contribution is 6.33. The highest BCUT2D eigenvalue weighted by atomic mass is 19.4. The topological polar surface area (TPSA) is 3.24 Å². The molecule has 0 fully saturated rings. The van der Waals surface area contributed by atoms with E-state index in [2.05, 4.69) is 121 Å². The van der Waals surface area contributed by atoms with Crippen LogP contribution in [0.3, 0.4) is 0 Å². The SMILES string of the molecule is FC(F)(F)c1ccc(N(c2ccccc2)c2ccc3c(c2)c2ccccc2c2c(-c4ccccc4)cc(-c4ccccc4)c(-c4ccccc4)c32)cc1. The van der Waals surface area contributed by atoms with Gasteiger partial charge >= 0.3 is 6.18 Å². The Morgan fingerprint density at radius 2 is 0.811 bits per heavy atom. The van der Waals surface area contributed by atoms with Gasteiger partial charge in [-0.3, -0.25) is 0 Å². The first kappa shape index (κ1) is 32.3. The number of halogens is 3. The Bertz CT molecular complexity index is 2720. The van der Waals surface area contributed by atoms with Crippen LogP contribution in [0, 0.1) is 0 Å². The van der Waals surface area contributed by atoms with Crippen LogP contribution in [0.15, 0.2) is 194 Å². The lowest BCUT2D eigenvalue weighted by Crippen LogP contribution is -2.11. The Hall–Kier alpha value is -6.65. The average Bonchev–Trinajstić information content (AvgIpc) is 3.21. The Morgan fingerprint density at radius 3 is 1.42 bits per heavy atom. The van der Waals surface area contributed by atoms with Crippen LogP contribution in [-0.2, 0) is 6.18 Å². The summed E-state index contributed by atoms with van der Waals surface area (Å²) in [5.41, 5.74) is 8.46. The van der Waals surface area contributed by atoms with E-state index in [0.29, 0.717) is 5.69 Å². The van der Waals surface area contributed by atoms with Crippen LogP contribution in [0.4, 0.5) is 30.2 Å². The van der Waals surface area contributed by atoms with Crippen molar-refractivity contribution in [2.45, 2.75) is 6.18 Å². The molecular formula is C49H32F3N. The molecule has 0 N–H and O–H groups in total. The largest absolute Gasteiger partial charge is 0.416 e. The predicted octanol–water partition coefficient (Wildman–Crippen LogP) is 14.6. The summed E-state index contributed by atoms with van der Waals surface area (Å²) in [6, 6.07) is 64.3. The van der Waals surface area contributed by atoms with Gasteiger partial charge in [-0.25, -0.2) is 0 Å². The summed E-state index contributed by atoms with van der Waals surface area (Å²) in [5.74, 6) is 0. The molecule has 0 saturated heterocycles. The van der Waals surface area contributed by atoms with Gasteiger partial charge in [-0.15, -0.1) is 0 Å². The zero-order valence-corrected chi connectivity index (χ0v) is 28.6. The fraction of sp³-hybridized carbons (Fsp3) is 0.0204. The molecular weight excluding hydrogens is 660 g/mol. The zero-order chi connectivity index (χ0) is 35.9. The lowest BCUT2D eigenvalue weighted by atomic mass is 9.81. The van der Waals surface area contributed by atoms with Gasteiger partial charge in [0.05, 0.1) is 5.56 Å². The van der Waals surface area contributed by atoms with Gasteiger partial charge in [0.1, 0.15) is 0 Å². The number of rotatable bonds is 6. The van der Waals surface area contributed by atoms with Crippen LogP contribution in [0.2, 0.25) is 0 Å². The highest BCUT2D eigenvalue weighted by Gasteiger charge is 2.30. The lowest BCUT2D eigenvalue weighted by Gasteiger charge is -2.27. The van der Waals surface area contributed by atoms with Crippen molar-refractivity contribution in [1.82, 2.24) is 0 Å². The minimum absolute atomic E-state index is 0.636. The maximum atomic E-state index is 13.6. The van der Waals surface area contributed by atoms with E-state index in [-0.39, 0.29) is 0 Å². The summed E-state index contributed by atoms with van der Waals surface area (Å²) < 4.78 is 40.9. The first-order valence-electron chi connectivity index (χ1n) is 17.6. The molecule has 0 heterocycles. The Balaban J connectivity index is 1.42. The van der Waals surface area contributed by atoms with Gasteiger partial charge in [-0.2, -0.15) is 13.2 Å². The third-order valence-corrected chi connectivity index (χ3v) is 10.0. The molecule has 0 unspecified atom stereocenters. The van der Waals surface area contributed by atoms with E-state index in [1.54, 1.807) is 12.1 Å². The maximum Gasteiger partial charge on any atom is 0.416 e. The molecule has 4 heteroatoms. The molecule has 0 bridgehead atoms. The number of nitrogens with zero attached hydrogens (tertiary/aromatic N) is 1. The molecule has 0 aliphatic carbocycles. The van der Waals surface area contributed by atoms with E-state index in [4.69, 9.17) is 0 Å². The lowest BCUT2D eigenvalue weighted by molar-refractivity contribution is -0.137. The van der Waals surface area contributed by atoms with Gasteiger partial charge in [0.25, 0.3) is 0 Å². The number of anilines is 3. The molecule has 1 nitrogen and oxygen atoms in total. The second-order valence-corrected chi connectivity index (χ2v) is 13.2. The molecule has 9 rings (SSSR count). The second kappa shape index (κ2) is 13.2. The summed E-state index contributed by atoms with van der Waals surface area (Å²) >= 11 is 0. The monoisotopic (exact) mass is 691 g/mol. The van der Waals surface area contributed by atoms with Crippen LogP contribution in [0.1, 0.15) is 5.56 Å². The van der Waals surface area contributed by atoms with Crippen LogP contribution < -0.4 is 4.90 Å². The van der Waals surface area contributed by atoms with Gasteiger partial charge in [0, 0.05) is 17.1 Å². The van der Waals surface area contributed by atoms with Crippen LogP contribution in [0.25, 0.3) is 65.7 Å². The molecule has 0 atom stereocenters. The molecule has 0 amide bonds. The van der Waals surface area contributed by atoms with Crippen molar-refractivity contribution in [2.75, 3.05) is 4.90 Å². The number of alkyl halides is 3. The summed E-state index contributed by atoms with van der Waals surface area (Å²) in [6.45, 7) is 0. The third-order valence-electron chi connectivity index (χ3n) is 10.0. The van der Waals surface area contributed by atoms with E-state index in [1.165, 1.54) is 5.39 Å². The first-order valence-corrected chi connectivity index (χ1v) is 17.6. The van der Waals surface area contributed by atoms with Gasteiger partial charge in [-0.05, 0) is 120 Å². The summed E-state index contributed by atoms with van der Waals surface area (Å²) in [7, 11) is 0. The minimum atomic E-state index is -4.42. The third kappa shape index (κ3) is 5.79. The molecule has 0 aromatic heterocycles. The molecule has 0 spiro atoms. The minimum Gasteiger partial charge on any atom is -0.310 e. The smallest absolute Gasteiger partial charge is 0.310 e. The maximum absolute atomic E-state index is 13.6. The first-order chi connectivity index (χ1) is 26.0. The van der Waals surface area contributed by atoms with Crippen molar-refractivity contribution in [3.8, 4) is 33.4 Å². The quantitative estimate of drug-likeness (QED) is 0.157. The van der Waals surface area contributed by atoms with E-state index in [0.717, 1.165) is 83.8 Å². The normalized spacial score (nSPS) is 11.7. The second-order valence-electron chi connectivity index (χ2n) is 13.2. The van der Waals surface area contributed by atoms with E-state index in [1.807, 2.05) is 53.4 Å². The molecule has 0 radical (unpaired) electrons. The summed E-state index contributed by atoms with van der Waals surface area (Å²) in [5, 5.41) is 6.70. The molecule has 0 aliphatic rings. The van der Waals surface area contributed by atoms with Crippen LogP contribution >= 0.6 is 0 Å². The van der Waals surface area contributed by atoms with Gasteiger partial charge < -0.3 is 4.90 Å². The number of benzene rings is 9. The number of hydrogen-bond donors (Lipinski definition) is 0. The van der Waals surface area contributed by atoms with Crippen molar-refractivity contribution in [1.29, 1.82) is 0 Å². The average molecular weight is 692 g/mol. The van der Waals surface area contributed by atoms with Gasteiger partial charge in [0.2, 0.25) is 0 Å². The standard InChI is InChI=1S/C49H32F3N/c50-49(51,52)36-25-27-38(28-26-36)53(37-21-11-4-12-22-37)39-29-30-42-45(31-39)40-23-13-14-24-41(40)47-44(34-17-7-2-8-18-34)32-43(33-15-5-1-6-16-33)46(48(42)47)35-19-9-3-10-20-35/h1-32H. The summed E-state index contributed by atoms with van der Waals surface area (Å²) in [4.78, 5) is 2.02. The van der Waals surface area contributed by atoms with Crippen LogP contribution in [0.5, 0.6) is 0 Å². The predicted molar refractivity (Wildman–Crippen MR) is 215 cm³/mol. The van der Waals surface area contributed by atoms with Crippen molar-refractivity contribution in [3.05, 3.63) is 200 Å². The Kier molecular flexibility index (Phi) is 8.01. The van der Waals surface area contributed by atoms with Crippen molar-refractivity contribution < 1.29 is 13.2 Å². The van der Waals surface area contributed by atoms with Crippen molar-refractivity contribution in [3.63, 3.8) is 0 Å². The summed E-state index contributed by atoms with van der Waals surface area (Å²) in [6.07, 6.45) is -4.42. The molecule has 9 aromatic carbocycles. The van der Waals surface area contributed by atoms with Crippen molar-refractivity contribution in [2.24, 2.45) is 0 Å². The van der Waals surface area contributed by atoms with E-state index >= 15 is 0 Å². The Morgan fingerprint density at radius 1 is 0.340 bits per heavy atom. The fourth-order valence-electron chi connectivity index (χ4n) is 7.70. The zero-order valence-electron chi connectivity index (χ0n) is 28.6. The van der Waals surface area contributed by atoms with Crippen molar-refractivity contribution >= 4 is 49.4 Å². The fourth-order valence-corrected chi connectivity index (χ4v) is 7.70. The highest BCUT2D eigenvalue weighted by Crippen LogP contribution is 2.50. The van der Waals surface area contributed by atoms with E-state index < -0.39 is 11.7 Å². The number of hydrogen-bond acceptors (Lipinski definition) is 1. The van der Waals surface area contributed by atoms with Gasteiger partial charge in [0.15, 0.2) is 0 Å². The van der Waals surface area contributed by atoms with Gasteiger partial charge in [-0.1, -0.05) is 140 Å². The molecule has 0 aliphatic heterocycles. The molecule has 0 saturated carbocycles. The number of fused-ring (bicyclic) bond motifs is 6.